The number of benzene rings is 1. The van der Waals surface area contributed by atoms with E-state index in [9.17, 15) is 9.59 Å². The van der Waals surface area contributed by atoms with E-state index in [1.165, 1.54) is 11.3 Å². The Morgan fingerprint density at radius 2 is 2.05 bits per heavy atom. The highest BCUT2D eigenvalue weighted by Gasteiger charge is 2.25. The number of nitrogens with zero attached hydrogens (tertiary/aromatic N) is 1. The zero-order chi connectivity index (χ0) is 15.5. The van der Waals surface area contributed by atoms with Gasteiger partial charge >= 0.3 is 0 Å². The molecule has 5 heteroatoms. The normalized spacial score (nSPS) is 18.3. The number of amides is 2. The van der Waals surface area contributed by atoms with Crippen molar-refractivity contribution in [3.05, 3.63) is 46.7 Å². The van der Waals surface area contributed by atoms with E-state index < -0.39 is 0 Å². The van der Waals surface area contributed by atoms with Gasteiger partial charge in [-0.3, -0.25) is 9.59 Å². The van der Waals surface area contributed by atoms with E-state index in [1.54, 1.807) is 11.9 Å². The monoisotopic (exact) mass is 314 g/mol. The fourth-order valence-electron chi connectivity index (χ4n) is 2.65. The number of nitrogens with one attached hydrogen (secondary N) is 1. The minimum absolute atomic E-state index is 0.0677. The molecule has 1 fully saturated rings. The maximum absolute atomic E-state index is 12.5. The lowest BCUT2D eigenvalue weighted by Crippen LogP contribution is -2.46. The molecule has 1 saturated heterocycles. The summed E-state index contributed by atoms with van der Waals surface area (Å²) in [5.41, 5.74) is 1.98. The van der Waals surface area contributed by atoms with Gasteiger partial charge in [-0.05, 0) is 23.4 Å². The zero-order valence-electron chi connectivity index (χ0n) is 12.4. The Labute approximate surface area is 133 Å². The van der Waals surface area contributed by atoms with Gasteiger partial charge in [0.2, 0.25) is 5.91 Å². The van der Waals surface area contributed by atoms with Gasteiger partial charge in [-0.1, -0.05) is 30.3 Å². The molecule has 0 unspecified atom stereocenters. The lowest BCUT2D eigenvalue weighted by atomic mass is 10.0. The Hall–Kier alpha value is -2.14. The molecule has 0 aliphatic carbocycles. The third-order valence-corrected chi connectivity index (χ3v) is 4.86. The Kier molecular flexibility index (Phi) is 4.24. The van der Waals surface area contributed by atoms with Crippen LogP contribution in [0, 0.1) is 0 Å². The molecule has 1 aliphatic rings. The maximum Gasteiger partial charge on any atom is 0.262 e. The van der Waals surface area contributed by atoms with Crippen LogP contribution >= 0.6 is 11.3 Å². The molecule has 1 aliphatic heterocycles. The highest BCUT2D eigenvalue weighted by atomic mass is 32.1. The van der Waals surface area contributed by atoms with E-state index in [2.05, 4.69) is 5.32 Å². The quantitative estimate of drug-likeness (QED) is 0.947. The molecule has 2 amide bonds. The summed E-state index contributed by atoms with van der Waals surface area (Å²) < 4.78 is 0. The topological polar surface area (TPSA) is 49.4 Å². The summed E-state index contributed by atoms with van der Waals surface area (Å²) in [5.74, 6) is 0.00205. The molecule has 1 atom stereocenters. The van der Waals surface area contributed by atoms with Gasteiger partial charge in [-0.25, -0.2) is 0 Å². The SMILES string of the molecule is CN1CC[C@@H](NC(=O)c2sccc2-c2ccccc2)CC1=O. The second-order valence-electron chi connectivity index (χ2n) is 5.51. The van der Waals surface area contributed by atoms with Gasteiger partial charge in [0.15, 0.2) is 0 Å². The largest absolute Gasteiger partial charge is 0.348 e. The lowest BCUT2D eigenvalue weighted by Gasteiger charge is -2.29. The Balaban J connectivity index is 1.74. The number of hydrogen-bond donors (Lipinski definition) is 1. The van der Waals surface area contributed by atoms with Gasteiger partial charge in [0, 0.05) is 31.6 Å². The van der Waals surface area contributed by atoms with Crippen molar-refractivity contribution >= 4 is 23.2 Å². The second-order valence-corrected chi connectivity index (χ2v) is 6.42. The molecule has 114 valence electrons. The number of carbonyl (C=O) groups excluding carboxylic acids is 2. The standard InChI is InChI=1S/C17H18N2O2S/c1-19-9-7-13(11-15(19)20)18-17(21)16-14(8-10-22-16)12-5-3-2-4-6-12/h2-6,8,10,13H,7,9,11H2,1H3,(H,18,21)/t13-/m1/s1. The van der Waals surface area contributed by atoms with Crippen LogP contribution in [0.2, 0.25) is 0 Å². The molecule has 22 heavy (non-hydrogen) atoms. The summed E-state index contributed by atoms with van der Waals surface area (Å²) in [5, 5.41) is 4.93. The molecule has 2 heterocycles. The number of likely N-dealkylation sites (tertiary alicyclic amines) is 1. The average Bonchev–Trinajstić information content (AvgIpc) is 3.01. The molecule has 1 aromatic heterocycles. The van der Waals surface area contributed by atoms with Crippen LogP contribution in [0.1, 0.15) is 22.5 Å². The van der Waals surface area contributed by atoms with Gasteiger partial charge in [0.1, 0.15) is 0 Å². The van der Waals surface area contributed by atoms with Crippen LogP contribution in [0.25, 0.3) is 11.1 Å². The van der Waals surface area contributed by atoms with E-state index in [0.29, 0.717) is 17.8 Å². The summed E-state index contributed by atoms with van der Waals surface area (Å²) in [6.45, 7) is 0.694. The van der Waals surface area contributed by atoms with Crippen LogP contribution in [-0.2, 0) is 4.79 Å². The fraction of sp³-hybridized carbons (Fsp3) is 0.294. The highest BCUT2D eigenvalue weighted by molar-refractivity contribution is 7.12. The van der Waals surface area contributed by atoms with Gasteiger partial charge in [-0.15, -0.1) is 11.3 Å². The van der Waals surface area contributed by atoms with Crippen LogP contribution in [0.4, 0.5) is 0 Å². The van der Waals surface area contributed by atoms with Crippen molar-refractivity contribution in [2.24, 2.45) is 0 Å². The molecule has 0 radical (unpaired) electrons. The first kappa shape index (κ1) is 14.8. The van der Waals surface area contributed by atoms with Crippen molar-refractivity contribution in [1.82, 2.24) is 10.2 Å². The van der Waals surface area contributed by atoms with Crippen LogP contribution in [0.3, 0.4) is 0 Å². The first-order valence-electron chi connectivity index (χ1n) is 7.33. The van der Waals surface area contributed by atoms with Crippen molar-refractivity contribution in [3.63, 3.8) is 0 Å². The number of piperidine rings is 1. The summed E-state index contributed by atoms with van der Waals surface area (Å²) >= 11 is 1.44. The van der Waals surface area contributed by atoms with Crippen LogP contribution < -0.4 is 5.32 Å². The van der Waals surface area contributed by atoms with Gasteiger partial charge < -0.3 is 10.2 Å². The summed E-state index contributed by atoms with van der Waals surface area (Å²) in [7, 11) is 1.80. The molecular formula is C17H18N2O2S. The van der Waals surface area contributed by atoms with Gasteiger partial charge in [-0.2, -0.15) is 0 Å². The molecule has 0 spiro atoms. The first-order valence-corrected chi connectivity index (χ1v) is 8.21. The van der Waals surface area contributed by atoms with Crippen molar-refractivity contribution in [2.75, 3.05) is 13.6 Å². The van der Waals surface area contributed by atoms with E-state index in [1.807, 2.05) is 41.8 Å². The van der Waals surface area contributed by atoms with Crippen molar-refractivity contribution in [2.45, 2.75) is 18.9 Å². The predicted octanol–water partition coefficient (Wildman–Crippen LogP) is 2.77. The summed E-state index contributed by atoms with van der Waals surface area (Å²) in [6, 6.07) is 11.8. The Morgan fingerprint density at radius 3 is 2.77 bits per heavy atom. The first-order chi connectivity index (χ1) is 10.6. The third kappa shape index (κ3) is 3.04. The number of carbonyl (C=O) groups is 2. The fourth-order valence-corrected chi connectivity index (χ4v) is 3.47. The Bertz CT molecular complexity index is 681. The number of rotatable bonds is 3. The van der Waals surface area contributed by atoms with Crippen LogP contribution in [0.15, 0.2) is 41.8 Å². The highest BCUT2D eigenvalue weighted by Crippen LogP contribution is 2.28. The number of hydrogen-bond acceptors (Lipinski definition) is 3. The van der Waals surface area contributed by atoms with E-state index in [4.69, 9.17) is 0 Å². The predicted molar refractivity (Wildman–Crippen MR) is 87.9 cm³/mol. The van der Waals surface area contributed by atoms with Crippen LogP contribution in [-0.4, -0.2) is 36.3 Å². The molecule has 4 nitrogen and oxygen atoms in total. The van der Waals surface area contributed by atoms with Crippen molar-refractivity contribution in [1.29, 1.82) is 0 Å². The third-order valence-electron chi connectivity index (χ3n) is 3.95. The minimum atomic E-state index is -0.0868. The lowest BCUT2D eigenvalue weighted by molar-refractivity contribution is -0.132. The van der Waals surface area contributed by atoms with E-state index >= 15 is 0 Å². The van der Waals surface area contributed by atoms with Gasteiger partial charge in [0.05, 0.1) is 4.88 Å². The zero-order valence-corrected chi connectivity index (χ0v) is 13.2. The van der Waals surface area contributed by atoms with Crippen molar-refractivity contribution in [3.8, 4) is 11.1 Å². The molecule has 0 saturated carbocycles. The molecule has 1 aromatic carbocycles. The average molecular weight is 314 g/mol. The maximum atomic E-state index is 12.5. The number of thiophene rings is 1. The van der Waals surface area contributed by atoms with Gasteiger partial charge in [0.25, 0.3) is 5.91 Å². The minimum Gasteiger partial charge on any atom is -0.348 e. The van der Waals surface area contributed by atoms with E-state index in [0.717, 1.165) is 17.5 Å². The summed E-state index contributed by atoms with van der Waals surface area (Å²) in [4.78, 5) is 26.7. The van der Waals surface area contributed by atoms with Crippen molar-refractivity contribution < 1.29 is 9.59 Å². The molecular weight excluding hydrogens is 296 g/mol. The second kappa shape index (κ2) is 6.32. The smallest absolute Gasteiger partial charge is 0.262 e. The van der Waals surface area contributed by atoms with E-state index in [-0.39, 0.29) is 17.9 Å². The molecule has 0 bridgehead atoms. The molecule has 1 N–H and O–H groups in total. The Morgan fingerprint density at radius 1 is 1.27 bits per heavy atom. The van der Waals surface area contributed by atoms with Crippen LogP contribution in [0.5, 0.6) is 0 Å². The molecule has 3 rings (SSSR count). The summed E-state index contributed by atoms with van der Waals surface area (Å²) in [6.07, 6.45) is 1.19. The molecule has 2 aromatic rings.